The van der Waals surface area contributed by atoms with Gasteiger partial charge in [-0.25, -0.2) is 0 Å². The minimum absolute atomic E-state index is 0.208. The molecular weight excluding hydrogens is 216 g/mol. The molecule has 0 amide bonds. The first kappa shape index (κ1) is 12.0. The Bertz CT molecular complexity index is 455. The molecule has 1 aliphatic carbocycles. The maximum atomic E-state index is 10.8. The number of hydrogen-bond acceptors (Lipinski definition) is 3. The van der Waals surface area contributed by atoms with Crippen molar-refractivity contribution in [2.45, 2.75) is 39.8 Å². The third-order valence-corrected chi connectivity index (χ3v) is 3.67. The van der Waals surface area contributed by atoms with E-state index >= 15 is 0 Å². The quantitative estimate of drug-likeness (QED) is 0.643. The van der Waals surface area contributed by atoms with E-state index in [9.17, 15) is 10.1 Å². The topological polar surface area (TPSA) is 55.2 Å². The van der Waals surface area contributed by atoms with Crippen molar-refractivity contribution in [1.82, 2.24) is 5.32 Å². The molecule has 0 saturated heterocycles. The summed E-state index contributed by atoms with van der Waals surface area (Å²) in [6, 6.07) is 5.80. The normalized spacial score (nSPS) is 21.2. The van der Waals surface area contributed by atoms with Gasteiger partial charge in [-0.05, 0) is 24.3 Å². The number of nitro groups is 1. The van der Waals surface area contributed by atoms with Gasteiger partial charge in [0.1, 0.15) is 0 Å². The van der Waals surface area contributed by atoms with Crippen molar-refractivity contribution in [1.29, 1.82) is 0 Å². The van der Waals surface area contributed by atoms with E-state index in [2.05, 4.69) is 19.2 Å². The zero-order valence-electron chi connectivity index (χ0n) is 10.5. The SMILES string of the molecule is Cc1c(CNC2CC2(C)C)cccc1[N+](=O)[O-]. The molecular formula is C13H18N2O2. The van der Waals surface area contributed by atoms with Gasteiger partial charge in [-0.1, -0.05) is 26.0 Å². The molecule has 1 aromatic rings. The fourth-order valence-electron chi connectivity index (χ4n) is 2.11. The summed E-state index contributed by atoms with van der Waals surface area (Å²) in [6.07, 6.45) is 1.18. The summed E-state index contributed by atoms with van der Waals surface area (Å²) in [5.41, 5.74) is 2.37. The fraction of sp³-hybridized carbons (Fsp3) is 0.538. The predicted octanol–water partition coefficient (Wildman–Crippen LogP) is 2.79. The molecule has 1 unspecified atom stereocenters. The van der Waals surface area contributed by atoms with Gasteiger partial charge in [-0.2, -0.15) is 0 Å². The third-order valence-electron chi connectivity index (χ3n) is 3.67. The molecule has 1 saturated carbocycles. The second-order valence-corrected chi connectivity index (χ2v) is 5.44. The average Bonchev–Trinajstić information content (AvgIpc) is 2.84. The zero-order chi connectivity index (χ0) is 12.6. The van der Waals surface area contributed by atoms with Gasteiger partial charge in [0, 0.05) is 24.2 Å². The lowest BCUT2D eigenvalue weighted by Crippen LogP contribution is -2.20. The smallest absolute Gasteiger partial charge is 0.272 e. The van der Waals surface area contributed by atoms with Crippen LogP contribution in [-0.2, 0) is 6.54 Å². The number of nitro benzene ring substituents is 1. The van der Waals surface area contributed by atoms with Crippen molar-refractivity contribution in [3.05, 3.63) is 39.4 Å². The standard InChI is InChI=1S/C13H18N2O2/c1-9-10(5-4-6-11(9)15(16)17)8-14-12-7-13(12,2)3/h4-6,12,14H,7-8H2,1-3H3. The molecule has 1 fully saturated rings. The van der Waals surface area contributed by atoms with Gasteiger partial charge >= 0.3 is 0 Å². The lowest BCUT2D eigenvalue weighted by Gasteiger charge is -2.09. The summed E-state index contributed by atoms with van der Waals surface area (Å²) in [6.45, 7) is 6.98. The average molecular weight is 234 g/mol. The Morgan fingerprint density at radius 1 is 1.53 bits per heavy atom. The maximum Gasteiger partial charge on any atom is 0.272 e. The summed E-state index contributed by atoms with van der Waals surface area (Å²) in [4.78, 5) is 10.5. The van der Waals surface area contributed by atoms with Crippen LogP contribution in [0.1, 0.15) is 31.4 Å². The Kier molecular flexibility index (Phi) is 2.91. The number of nitrogens with one attached hydrogen (secondary N) is 1. The van der Waals surface area contributed by atoms with E-state index in [1.54, 1.807) is 12.1 Å². The zero-order valence-corrected chi connectivity index (χ0v) is 10.5. The first-order valence-corrected chi connectivity index (χ1v) is 5.88. The molecule has 0 aromatic heterocycles. The van der Waals surface area contributed by atoms with Gasteiger partial charge in [0.15, 0.2) is 0 Å². The molecule has 0 bridgehead atoms. The van der Waals surface area contributed by atoms with Crippen LogP contribution in [0.25, 0.3) is 0 Å². The third kappa shape index (κ3) is 2.47. The van der Waals surface area contributed by atoms with E-state index < -0.39 is 0 Å². The van der Waals surface area contributed by atoms with E-state index in [1.165, 1.54) is 6.42 Å². The van der Waals surface area contributed by atoms with E-state index in [4.69, 9.17) is 0 Å². The van der Waals surface area contributed by atoms with Crippen LogP contribution in [0.3, 0.4) is 0 Å². The van der Waals surface area contributed by atoms with Gasteiger partial charge in [-0.3, -0.25) is 10.1 Å². The second kappa shape index (κ2) is 4.11. The Balaban J connectivity index is 2.06. The lowest BCUT2D eigenvalue weighted by atomic mass is 10.1. The molecule has 92 valence electrons. The van der Waals surface area contributed by atoms with Crippen LogP contribution in [0.15, 0.2) is 18.2 Å². The largest absolute Gasteiger partial charge is 0.309 e. The summed E-state index contributed by atoms with van der Waals surface area (Å²) in [5, 5.41) is 14.3. The minimum Gasteiger partial charge on any atom is -0.309 e. The molecule has 1 aliphatic rings. The molecule has 0 radical (unpaired) electrons. The monoisotopic (exact) mass is 234 g/mol. The Hall–Kier alpha value is -1.42. The predicted molar refractivity (Wildman–Crippen MR) is 66.9 cm³/mol. The second-order valence-electron chi connectivity index (χ2n) is 5.44. The first-order valence-electron chi connectivity index (χ1n) is 5.88. The molecule has 1 atom stereocenters. The van der Waals surface area contributed by atoms with Crippen LogP contribution in [0.2, 0.25) is 0 Å². The van der Waals surface area contributed by atoms with Gasteiger partial charge in [-0.15, -0.1) is 0 Å². The highest BCUT2D eigenvalue weighted by Crippen LogP contribution is 2.44. The number of nitrogens with zero attached hydrogens (tertiary/aromatic N) is 1. The summed E-state index contributed by atoms with van der Waals surface area (Å²) >= 11 is 0. The van der Waals surface area contributed by atoms with Crippen LogP contribution in [0.4, 0.5) is 5.69 Å². The molecule has 0 heterocycles. The van der Waals surface area contributed by atoms with Crippen molar-refractivity contribution in [3.8, 4) is 0 Å². The van der Waals surface area contributed by atoms with E-state index in [0.29, 0.717) is 18.0 Å². The van der Waals surface area contributed by atoms with E-state index in [0.717, 1.165) is 11.1 Å². The van der Waals surface area contributed by atoms with E-state index in [-0.39, 0.29) is 10.6 Å². The van der Waals surface area contributed by atoms with Crippen molar-refractivity contribution in [2.75, 3.05) is 0 Å². The Labute approximate surface area is 101 Å². The van der Waals surface area contributed by atoms with Crippen molar-refractivity contribution in [2.24, 2.45) is 5.41 Å². The summed E-state index contributed by atoms with van der Waals surface area (Å²) < 4.78 is 0. The summed E-state index contributed by atoms with van der Waals surface area (Å²) in [5.74, 6) is 0. The van der Waals surface area contributed by atoms with Crippen LogP contribution in [0.5, 0.6) is 0 Å². The van der Waals surface area contributed by atoms with Gasteiger partial charge in [0.25, 0.3) is 5.69 Å². The molecule has 1 aromatic carbocycles. The van der Waals surface area contributed by atoms with Gasteiger partial charge in [0.05, 0.1) is 4.92 Å². The molecule has 1 N–H and O–H groups in total. The van der Waals surface area contributed by atoms with Crippen LogP contribution < -0.4 is 5.32 Å². The number of rotatable bonds is 4. The number of hydrogen-bond donors (Lipinski definition) is 1. The molecule has 4 nitrogen and oxygen atoms in total. The van der Waals surface area contributed by atoms with Gasteiger partial charge < -0.3 is 5.32 Å². The molecule has 17 heavy (non-hydrogen) atoms. The maximum absolute atomic E-state index is 10.8. The molecule has 0 aliphatic heterocycles. The van der Waals surface area contributed by atoms with Crippen LogP contribution in [-0.4, -0.2) is 11.0 Å². The number of benzene rings is 1. The highest BCUT2D eigenvalue weighted by Gasteiger charge is 2.45. The van der Waals surface area contributed by atoms with Crippen LogP contribution >= 0.6 is 0 Å². The minimum atomic E-state index is -0.320. The molecule has 2 rings (SSSR count). The Morgan fingerprint density at radius 3 is 2.71 bits per heavy atom. The first-order chi connectivity index (χ1) is 7.92. The molecule has 4 heteroatoms. The summed E-state index contributed by atoms with van der Waals surface area (Å²) in [7, 11) is 0. The van der Waals surface area contributed by atoms with Crippen molar-refractivity contribution < 1.29 is 4.92 Å². The lowest BCUT2D eigenvalue weighted by molar-refractivity contribution is -0.385. The van der Waals surface area contributed by atoms with Crippen molar-refractivity contribution in [3.63, 3.8) is 0 Å². The highest BCUT2D eigenvalue weighted by atomic mass is 16.6. The van der Waals surface area contributed by atoms with Crippen LogP contribution in [0, 0.1) is 22.5 Å². The van der Waals surface area contributed by atoms with Crippen molar-refractivity contribution >= 4 is 5.69 Å². The highest BCUT2D eigenvalue weighted by molar-refractivity contribution is 5.44. The molecule has 0 spiro atoms. The Morgan fingerprint density at radius 2 is 2.18 bits per heavy atom. The van der Waals surface area contributed by atoms with E-state index in [1.807, 2.05) is 13.0 Å². The fourth-order valence-corrected chi connectivity index (χ4v) is 2.11. The van der Waals surface area contributed by atoms with Gasteiger partial charge in [0.2, 0.25) is 0 Å².